The van der Waals surface area contributed by atoms with Gasteiger partial charge in [0.1, 0.15) is 0 Å². The second kappa shape index (κ2) is 8.85. The van der Waals surface area contributed by atoms with Gasteiger partial charge in [-0.3, -0.25) is 14.4 Å². The van der Waals surface area contributed by atoms with Crippen LogP contribution in [-0.2, 0) is 0 Å². The minimum atomic E-state index is -0.474. The molecule has 1 N–H and O–H groups in total. The van der Waals surface area contributed by atoms with Gasteiger partial charge < -0.3 is 5.32 Å². The first-order chi connectivity index (χ1) is 15.1. The van der Waals surface area contributed by atoms with E-state index in [9.17, 15) is 14.4 Å². The first-order valence-electron chi connectivity index (χ1n) is 9.35. The van der Waals surface area contributed by atoms with Gasteiger partial charge >= 0.3 is 0 Å². The predicted octanol–water partition coefficient (Wildman–Crippen LogP) is 7.41. The average molecular weight is 686 g/mol. The van der Waals surface area contributed by atoms with Crippen molar-refractivity contribution in [2.45, 2.75) is 13.8 Å². The van der Waals surface area contributed by atoms with E-state index >= 15 is 0 Å². The van der Waals surface area contributed by atoms with Crippen molar-refractivity contribution in [1.82, 2.24) is 0 Å². The molecule has 0 atom stereocenters. The Labute approximate surface area is 218 Å². The molecule has 0 spiro atoms. The molecule has 0 radical (unpaired) electrons. The van der Waals surface area contributed by atoms with Gasteiger partial charge in [0, 0.05) is 29.1 Å². The Morgan fingerprint density at radius 1 is 0.812 bits per heavy atom. The molecule has 3 amide bonds. The lowest BCUT2D eigenvalue weighted by molar-refractivity contribution is 0.0923. The van der Waals surface area contributed by atoms with Crippen LogP contribution in [0.2, 0.25) is 0 Å². The van der Waals surface area contributed by atoms with Crippen LogP contribution in [0.25, 0.3) is 0 Å². The van der Waals surface area contributed by atoms with E-state index in [2.05, 4.69) is 69.0 Å². The number of carbonyl (C=O) groups excluding carboxylic acids is 3. The number of anilines is 2. The number of benzene rings is 3. The second-order valence-corrected chi connectivity index (χ2v) is 10.4. The molecule has 4 rings (SSSR count). The molecule has 0 aromatic heterocycles. The molecular weight excluding hydrogens is 672 g/mol. The van der Waals surface area contributed by atoms with Crippen LogP contribution in [0, 0.1) is 13.8 Å². The zero-order valence-electron chi connectivity index (χ0n) is 16.7. The molecule has 9 heteroatoms. The van der Waals surface area contributed by atoms with Crippen molar-refractivity contribution < 1.29 is 14.4 Å². The van der Waals surface area contributed by atoms with Crippen LogP contribution in [0.4, 0.5) is 11.4 Å². The number of nitrogens with zero attached hydrogens (tertiary/aromatic N) is 1. The van der Waals surface area contributed by atoms with Crippen LogP contribution in [0.5, 0.6) is 0 Å². The first kappa shape index (κ1) is 23.4. The fourth-order valence-electron chi connectivity index (χ4n) is 3.45. The molecule has 3 aromatic carbocycles. The van der Waals surface area contributed by atoms with E-state index in [1.54, 1.807) is 18.2 Å². The third kappa shape index (κ3) is 3.79. The highest BCUT2D eigenvalue weighted by atomic mass is 79.9. The number of amides is 3. The lowest BCUT2D eigenvalue weighted by Gasteiger charge is -2.15. The Hall–Kier alpha value is -1.81. The number of fused-ring (bicyclic) bond motifs is 1. The van der Waals surface area contributed by atoms with Crippen LogP contribution in [-0.4, -0.2) is 17.7 Å². The van der Waals surface area contributed by atoms with E-state index in [1.807, 2.05) is 32.0 Å². The van der Waals surface area contributed by atoms with Crippen molar-refractivity contribution in [3.05, 3.63) is 88.2 Å². The molecule has 0 bridgehead atoms. The van der Waals surface area contributed by atoms with Crippen molar-refractivity contribution in [3.63, 3.8) is 0 Å². The molecule has 0 saturated heterocycles. The van der Waals surface area contributed by atoms with Gasteiger partial charge in [-0.15, -0.1) is 0 Å². The predicted molar refractivity (Wildman–Crippen MR) is 139 cm³/mol. The molecule has 1 heterocycles. The summed E-state index contributed by atoms with van der Waals surface area (Å²) in [7, 11) is 0. The molecule has 162 valence electrons. The first-order valence-corrected chi connectivity index (χ1v) is 12.5. The standard InChI is InChI=1S/C23H14Br4N2O3/c1-10-5-3-8-14(11(10)2)28-21(30)12-6-4-7-13(9-12)29-22(31)15-16(23(29)32)18(25)20(27)19(26)17(15)24/h3-9H,1-2H3,(H,28,30). The Balaban J connectivity index is 1.71. The summed E-state index contributed by atoms with van der Waals surface area (Å²) in [6.45, 7) is 3.91. The summed E-state index contributed by atoms with van der Waals surface area (Å²) in [5.41, 5.74) is 3.91. The number of hydrogen-bond donors (Lipinski definition) is 1. The van der Waals surface area contributed by atoms with Crippen LogP contribution >= 0.6 is 63.7 Å². The van der Waals surface area contributed by atoms with Gasteiger partial charge in [0.05, 0.1) is 16.8 Å². The Kier molecular flexibility index (Phi) is 6.46. The smallest absolute Gasteiger partial charge is 0.267 e. The lowest BCUT2D eigenvalue weighted by Crippen LogP contribution is -2.29. The Morgan fingerprint density at radius 2 is 1.38 bits per heavy atom. The summed E-state index contributed by atoms with van der Waals surface area (Å²) < 4.78 is 2.19. The fraction of sp³-hybridized carbons (Fsp3) is 0.0870. The summed E-state index contributed by atoms with van der Waals surface area (Å²) in [6.07, 6.45) is 0. The SMILES string of the molecule is Cc1cccc(NC(=O)c2cccc(N3C(=O)c4c(Br)c(Br)c(Br)c(Br)c4C3=O)c2)c1C. The Bertz CT molecular complexity index is 1290. The minimum absolute atomic E-state index is 0.252. The highest BCUT2D eigenvalue weighted by molar-refractivity contribution is 9.15. The third-order valence-electron chi connectivity index (χ3n) is 5.32. The zero-order chi connectivity index (χ0) is 23.3. The largest absolute Gasteiger partial charge is 0.322 e. The van der Waals surface area contributed by atoms with Gasteiger partial charge in [-0.1, -0.05) is 18.2 Å². The summed E-state index contributed by atoms with van der Waals surface area (Å²) in [5.74, 6) is -1.28. The molecule has 5 nitrogen and oxygen atoms in total. The molecule has 1 aliphatic heterocycles. The van der Waals surface area contributed by atoms with Gasteiger partial charge in [-0.05, 0) is 113 Å². The third-order valence-corrected chi connectivity index (χ3v) is 10.1. The summed E-state index contributed by atoms with van der Waals surface area (Å²) in [6, 6.07) is 12.1. The van der Waals surface area contributed by atoms with Crippen molar-refractivity contribution >= 4 is 92.8 Å². The normalized spacial score (nSPS) is 12.9. The van der Waals surface area contributed by atoms with Gasteiger partial charge in [-0.2, -0.15) is 0 Å². The zero-order valence-corrected chi connectivity index (χ0v) is 23.1. The van der Waals surface area contributed by atoms with Gasteiger partial charge in [0.2, 0.25) is 0 Å². The fourth-order valence-corrected chi connectivity index (χ4v) is 5.91. The van der Waals surface area contributed by atoms with Crippen molar-refractivity contribution in [2.24, 2.45) is 0 Å². The number of nitrogens with one attached hydrogen (secondary N) is 1. The van der Waals surface area contributed by atoms with Gasteiger partial charge in [0.15, 0.2) is 0 Å². The maximum atomic E-state index is 13.2. The number of halogens is 4. The highest BCUT2D eigenvalue weighted by Crippen LogP contribution is 2.46. The topological polar surface area (TPSA) is 66.5 Å². The van der Waals surface area contributed by atoms with E-state index in [0.717, 1.165) is 16.0 Å². The molecule has 0 saturated carbocycles. The Morgan fingerprint density at radius 3 is 1.97 bits per heavy atom. The molecule has 0 unspecified atom stereocenters. The summed E-state index contributed by atoms with van der Waals surface area (Å²) in [5, 5.41) is 2.90. The van der Waals surface area contributed by atoms with Crippen LogP contribution < -0.4 is 10.2 Å². The van der Waals surface area contributed by atoms with E-state index in [4.69, 9.17) is 0 Å². The molecule has 0 aliphatic carbocycles. The number of rotatable bonds is 3. The average Bonchev–Trinajstić information content (AvgIpc) is 3.04. The van der Waals surface area contributed by atoms with Crippen LogP contribution in [0.3, 0.4) is 0 Å². The number of carbonyl (C=O) groups is 3. The maximum Gasteiger partial charge on any atom is 0.267 e. The molecule has 3 aromatic rings. The van der Waals surface area contributed by atoms with Crippen LogP contribution in [0.1, 0.15) is 42.2 Å². The summed E-state index contributed by atoms with van der Waals surface area (Å²) in [4.78, 5) is 40.4. The second-order valence-electron chi connectivity index (χ2n) is 7.20. The van der Waals surface area contributed by atoms with Gasteiger partial charge in [-0.25, -0.2) is 4.90 Å². The number of hydrogen-bond acceptors (Lipinski definition) is 3. The summed E-state index contributed by atoms with van der Waals surface area (Å²) >= 11 is 13.7. The molecular formula is C23H14Br4N2O3. The van der Waals surface area contributed by atoms with Crippen molar-refractivity contribution in [3.8, 4) is 0 Å². The van der Waals surface area contributed by atoms with Crippen molar-refractivity contribution in [2.75, 3.05) is 10.2 Å². The number of aryl methyl sites for hydroxylation is 1. The van der Waals surface area contributed by atoms with E-state index < -0.39 is 11.8 Å². The lowest BCUT2D eigenvalue weighted by atomic mass is 10.1. The van der Waals surface area contributed by atoms with Crippen LogP contribution in [0.15, 0.2) is 60.4 Å². The van der Waals surface area contributed by atoms with Gasteiger partial charge in [0.25, 0.3) is 17.7 Å². The van der Waals surface area contributed by atoms with E-state index in [-0.39, 0.29) is 17.0 Å². The maximum absolute atomic E-state index is 13.2. The number of imide groups is 1. The molecule has 1 aliphatic rings. The quantitative estimate of drug-likeness (QED) is 0.178. The molecule has 0 fully saturated rings. The highest BCUT2D eigenvalue weighted by Gasteiger charge is 2.42. The monoisotopic (exact) mass is 682 g/mol. The van der Waals surface area contributed by atoms with Crippen molar-refractivity contribution in [1.29, 1.82) is 0 Å². The van der Waals surface area contributed by atoms with E-state index in [0.29, 0.717) is 34.8 Å². The molecule has 32 heavy (non-hydrogen) atoms. The van der Waals surface area contributed by atoms with E-state index in [1.165, 1.54) is 6.07 Å². The minimum Gasteiger partial charge on any atom is -0.322 e.